The third-order valence-corrected chi connectivity index (χ3v) is 2.73. The fourth-order valence-electron chi connectivity index (χ4n) is 1.96. The summed E-state index contributed by atoms with van der Waals surface area (Å²) in [6.45, 7) is 2.10. The Bertz CT molecular complexity index is 561. The number of nitrogens with one attached hydrogen (secondary N) is 1. The van der Waals surface area contributed by atoms with Crippen LogP contribution in [0.25, 0.3) is 11.0 Å². The van der Waals surface area contributed by atoms with E-state index in [0.717, 1.165) is 0 Å². The molecule has 1 aromatic carbocycles. The maximum absolute atomic E-state index is 13.0. The average molecular weight is 275 g/mol. The lowest BCUT2D eigenvalue weighted by Gasteiger charge is -2.17. The summed E-state index contributed by atoms with van der Waals surface area (Å²) in [6, 6.07) is 4.34. The molecular weight excluding hydrogens is 262 g/mol. The molecule has 0 fully saturated rings. The maximum atomic E-state index is 13.0. The molecule has 1 unspecified atom stereocenters. The summed E-state index contributed by atoms with van der Waals surface area (Å²) in [5.41, 5.74) is 0.376. The molecule has 2 aromatic rings. The molecule has 19 heavy (non-hydrogen) atoms. The van der Waals surface area contributed by atoms with Crippen molar-refractivity contribution in [3.63, 3.8) is 0 Å². The number of rotatable bonds is 4. The topological polar surface area (TPSA) is 25.2 Å². The molecule has 0 saturated heterocycles. The van der Waals surface area contributed by atoms with Crippen LogP contribution >= 0.6 is 0 Å². The van der Waals surface area contributed by atoms with Crippen LogP contribution in [0.5, 0.6) is 0 Å². The minimum absolute atomic E-state index is 0.166. The van der Waals surface area contributed by atoms with Gasteiger partial charge in [0.05, 0.1) is 12.5 Å². The number of alkyl halides is 3. The van der Waals surface area contributed by atoms with Gasteiger partial charge in [-0.1, -0.05) is 6.92 Å². The van der Waals surface area contributed by atoms with Crippen molar-refractivity contribution in [2.75, 3.05) is 6.54 Å². The smallest absolute Gasteiger partial charge is 0.391 e. The van der Waals surface area contributed by atoms with Crippen LogP contribution in [0, 0.1) is 5.82 Å². The summed E-state index contributed by atoms with van der Waals surface area (Å²) in [6.07, 6.45) is -5.32. The number of furan rings is 1. The van der Waals surface area contributed by atoms with Crippen molar-refractivity contribution >= 4 is 11.0 Å². The molecule has 0 bridgehead atoms. The highest BCUT2D eigenvalue weighted by Crippen LogP contribution is 2.32. The molecular formula is C13H13F4NO. The summed E-state index contributed by atoms with van der Waals surface area (Å²) in [4.78, 5) is 0. The van der Waals surface area contributed by atoms with Gasteiger partial charge in [0.1, 0.15) is 17.2 Å². The van der Waals surface area contributed by atoms with Crippen molar-refractivity contribution in [2.24, 2.45) is 0 Å². The monoisotopic (exact) mass is 275 g/mol. The normalized spacial score (nSPS) is 13.9. The van der Waals surface area contributed by atoms with Gasteiger partial charge in [0.25, 0.3) is 0 Å². The molecule has 0 aliphatic heterocycles. The Labute approximate surface area is 107 Å². The second kappa shape index (κ2) is 5.21. The molecule has 104 valence electrons. The highest BCUT2D eigenvalue weighted by molar-refractivity contribution is 5.78. The minimum atomic E-state index is -4.29. The van der Waals surface area contributed by atoms with E-state index in [4.69, 9.17) is 4.42 Å². The summed E-state index contributed by atoms with van der Waals surface area (Å²) in [7, 11) is 0. The quantitative estimate of drug-likeness (QED) is 0.847. The molecule has 1 atom stereocenters. The van der Waals surface area contributed by atoms with Gasteiger partial charge in [0.2, 0.25) is 0 Å². The van der Waals surface area contributed by atoms with Gasteiger partial charge in [-0.15, -0.1) is 0 Å². The molecule has 0 amide bonds. The fourth-order valence-corrected chi connectivity index (χ4v) is 1.96. The van der Waals surface area contributed by atoms with Crippen molar-refractivity contribution in [3.05, 3.63) is 35.8 Å². The number of halogens is 4. The lowest BCUT2D eigenvalue weighted by atomic mass is 10.1. The SMILES string of the molecule is CCNC(CC(F)(F)F)c1cc2cc(F)ccc2o1. The molecule has 0 radical (unpaired) electrons. The summed E-state index contributed by atoms with van der Waals surface area (Å²) in [5.74, 6) is -0.282. The van der Waals surface area contributed by atoms with Crippen molar-refractivity contribution < 1.29 is 22.0 Å². The zero-order valence-electron chi connectivity index (χ0n) is 10.2. The van der Waals surface area contributed by atoms with Crippen molar-refractivity contribution in [1.82, 2.24) is 5.32 Å². The van der Waals surface area contributed by atoms with Gasteiger partial charge in [-0.3, -0.25) is 0 Å². The zero-order chi connectivity index (χ0) is 14.0. The molecule has 1 N–H and O–H groups in total. The second-order valence-electron chi connectivity index (χ2n) is 4.26. The highest BCUT2D eigenvalue weighted by atomic mass is 19.4. The molecule has 1 heterocycles. The average Bonchev–Trinajstić information content (AvgIpc) is 2.69. The molecule has 1 aromatic heterocycles. The van der Waals surface area contributed by atoms with E-state index in [1.807, 2.05) is 0 Å². The first kappa shape index (κ1) is 13.9. The molecule has 2 rings (SSSR count). The molecule has 6 heteroatoms. The standard InChI is InChI=1S/C13H13F4NO/c1-2-18-10(7-13(15,16)17)12-6-8-5-9(14)3-4-11(8)19-12/h3-6,10,18H,2,7H2,1H3. The third-order valence-electron chi connectivity index (χ3n) is 2.73. The predicted molar refractivity (Wildman–Crippen MR) is 63.3 cm³/mol. The first-order chi connectivity index (χ1) is 8.89. The van der Waals surface area contributed by atoms with E-state index in [9.17, 15) is 17.6 Å². The van der Waals surface area contributed by atoms with Crippen molar-refractivity contribution in [3.8, 4) is 0 Å². The van der Waals surface area contributed by atoms with Gasteiger partial charge >= 0.3 is 6.18 Å². The van der Waals surface area contributed by atoms with Crippen LogP contribution in [0.3, 0.4) is 0 Å². The Morgan fingerprint density at radius 2 is 2.00 bits per heavy atom. The van der Waals surface area contributed by atoms with Gasteiger partial charge in [0, 0.05) is 5.39 Å². The third kappa shape index (κ3) is 3.47. The van der Waals surface area contributed by atoms with Crippen molar-refractivity contribution in [1.29, 1.82) is 0 Å². The van der Waals surface area contributed by atoms with Crippen LogP contribution in [0.15, 0.2) is 28.7 Å². The maximum Gasteiger partial charge on any atom is 0.391 e. The van der Waals surface area contributed by atoms with Crippen molar-refractivity contribution in [2.45, 2.75) is 25.6 Å². The van der Waals surface area contributed by atoms with Crippen LogP contribution in [0.2, 0.25) is 0 Å². The lowest BCUT2D eigenvalue weighted by Crippen LogP contribution is -2.26. The predicted octanol–water partition coefficient (Wildman–Crippen LogP) is 4.17. The molecule has 0 saturated carbocycles. The summed E-state index contributed by atoms with van der Waals surface area (Å²) < 4.78 is 55.9. The Balaban J connectivity index is 2.33. The zero-order valence-corrected chi connectivity index (χ0v) is 10.2. The summed E-state index contributed by atoms with van der Waals surface area (Å²) >= 11 is 0. The minimum Gasteiger partial charge on any atom is -0.459 e. The van der Waals surface area contributed by atoms with Crippen LogP contribution in [0.4, 0.5) is 17.6 Å². The Hall–Kier alpha value is -1.56. The van der Waals surface area contributed by atoms with E-state index in [-0.39, 0.29) is 5.76 Å². The number of hydrogen-bond acceptors (Lipinski definition) is 2. The Kier molecular flexibility index (Phi) is 3.80. The first-order valence-corrected chi connectivity index (χ1v) is 5.88. The number of benzene rings is 1. The molecule has 0 aliphatic rings. The lowest BCUT2D eigenvalue weighted by molar-refractivity contribution is -0.141. The van der Waals surface area contributed by atoms with Gasteiger partial charge in [-0.25, -0.2) is 4.39 Å². The Morgan fingerprint density at radius 3 is 2.63 bits per heavy atom. The van der Waals surface area contributed by atoms with E-state index >= 15 is 0 Å². The largest absolute Gasteiger partial charge is 0.459 e. The highest BCUT2D eigenvalue weighted by Gasteiger charge is 2.33. The number of fused-ring (bicyclic) bond motifs is 1. The van der Waals surface area contributed by atoms with E-state index in [1.54, 1.807) is 6.92 Å². The van der Waals surface area contributed by atoms with Crippen LogP contribution < -0.4 is 5.32 Å². The van der Waals surface area contributed by atoms with Gasteiger partial charge < -0.3 is 9.73 Å². The first-order valence-electron chi connectivity index (χ1n) is 5.88. The van der Waals surface area contributed by atoms with Crippen LogP contribution in [-0.2, 0) is 0 Å². The number of hydrogen-bond donors (Lipinski definition) is 1. The van der Waals surface area contributed by atoms with E-state index in [1.165, 1.54) is 24.3 Å². The van der Waals surface area contributed by atoms with Crippen LogP contribution in [-0.4, -0.2) is 12.7 Å². The second-order valence-corrected chi connectivity index (χ2v) is 4.26. The summed E-state index contributed by atoms with van der Waals surface area (Å²) in [5, 5.41) is 3.18. The molecule has 2 nitrogen and oxygen atoms in total. The van der Waals surface area contributed by atoms with E-state index in [2.05, 4.69) is 5.32 Å². The fraction of sp³-hybridized carbons (Fsp3) is 0.385. The van der Waals surface area contributed by atoms with Crippen LogP contribution in [0.1, 0.15) is 25.1 Å². The Morgan fingerprint density at radius 1 is 1.26 bits per heavy atom. The van der Waals surface area contributed by atoms with E-state index in [0.29, 0.717) is 17.5 Å². The molecule has 0 aliphatic carbocycles. The van der Waals surface area contributed by atoms with E-state index < -0.39 is 24.5 Å². The van der Waals surface area contributed by atoms with Gasteiger partial charge in [-0.2, -0.15) is 13.2 Å². The van der Waals surface area contributed by atoms with Gasteiger partial charge in [0.15, 0.2) is 0 Å². The van der Waals surface area contributed by atoms with Gasteiger partial charge in [-0.05, 0) is 30.8 Å². The molecule has 0 spiro atoms.